The number of carbonyl (C=O) groups is 4. The molecule has 3 aliphatic heterocycles. The van der Waals surface area contributed by atoms with E-state index in [1.807, 2.05) is 74.5 Å². The van der Waals surface area contributed by atoms with Crippen LogP contribution >= 0.6 is 11.6 Å². The van der Waals surface area contributed by atoms with Gasteiger partial charge in [0.1, 0.15) is 5.75 Å². The first-order valence-corrected chi connectivity index (χ1v) is 19.8. The fourth-order valence-electron chi connectivity index (χ4n) is 10.8. The van der Waals surface area contributed by atoms with E-state index in [0.717, 1.165) is 36.3 Å². The van der Waals surface area contributed by atoms with Crippen LogP contribution in [-0.2, 0) is 31.1 Å². The van der Waals surface area contributed by atoms with Gasteiger partial charge < -0.3 is 5.11 Å². The summed E-state index contributed by atoms with van der Waals surface area (Å²) in [5.41, 5.74) is 4.03. The smallest absolute Gasteiger partial charge is 0.246 e. The van der Waals surface area contributed by atoms with Crippen LogP contribution in [0.25, 0.3) is 0 Å². The fourth-order valence-corrected chi connectivity index (χ4v) is 11.0. The van der Waals surface area contributed by atoms with Gasteiger partial charge in [-0.25, -0.2) is 4.90 Å². The Bertz CT molecular complexity index is 2230. The molecule has 0 unspecified atom stereocenters. The highest BCUT2D eigenvalue weighted by Crippen LogP contribution is 2.64. The Kier molecular flexibility index (Phi) is 8.82. The lowest BCUT2D eigenvalue weighted by molar-refractivity contribution is -0.144. The molecule has 1 saturated carbocycles. The Morgan fingerprint density at radius 1 is 0.782 bits per heavy atom. The van der Waals surface area contributed by atoms with Crippen molar-refractivity contribution in [3.63, 3.8) is 0 Å². The van der Waals surface area contributed by atoms with Crippen molar-refractivity contribution in [1.29, 1.82) is 0 Å². The van der Waals surface area contributed by atoms with E-state index in [1.54, 1.807) is 29.2 Å². The lowest BCUT2D eigenvalue weighted by Gasteiger charge is -2.51. The molecule has 1 N–H and O–H groups in total. The zero-order chi connectivity index (χ0) is 38.2. The van der Waals surface area contributed by atoms with E-state index >= 15 is 9.59 Å². The maximum atomic E-state index is 15.5. The third-order valence-electron chi connectivity index (χ3n) is 13.2. The molecule has 55 heavy (non-hydrogen) atoms. The molecular weight excluding hydrogens is 710 g/mol. The number of carbonyl (C=O) groups excluding carboxylic acids is 4. The number of aryl methyl sites for hydroxylation is 2. The Balaban J connectivity index is 1.13. The van der Waals surface area contributed by atoms with Crippen LogP contribution in [0.5, 0.6) is 5.75 Å². The summed E-state index contributed by atoms with van der Waals surface area (Å²) < 4.78 is 0. The lowest BCUT2D eigenvalue weighted by Crippen LogP contribution is -2.53. The zero-order valence-electron chi connectivity index (χ0n) is 31.0. The number of anilines is 1. The van der Waals surface area contributed by atoms with E-state index in [1.165, 1.54) is 10.5 Å². The number of imide groups is 2. The molecule has 280 valence electrons. The van der Waals surface area contributed by atoms with Gasteiger partial charge in [0.25, 0.3) is 0 Å². The van der Waals surface area contributed by atoms with E-state index in [0.29, 0.717) is 41.1 Å². The van der Waals surface area contributed by atoms with E-state index in [4.69, 9.17) is 11.6 Å². The fraction of sp³-hybridized carbons (Fsp3) is 0.348. The summed E-state index contributed by atoms with van der Waals surface area (Å²) in [6, 6.07) is 30.3. The number of aromatic hydroxyl groups is 1. The Labute approximate surface area is 326 Å². The molecule has 4 amide bonds. The van der Waals surface area contributed by atoms with Gasteiger partial charge in [-0.2, -0.15) is 0 Å². The van der Waals surface area contributed by atoms with Crippen molar-refractivity contribution in [2.24, 2.45) is 23.7 Å². The average molecular weight is 754 g/mol. The molecule has 4 aromatic carbocycles. The molecule has 9 heteroatoms. The summed E-state index contributed by atoms with van der Waals surface area (Å²) in [4.78, 5) is 65.0. The predicted octanol–water partition coefficient (Wildman–Crippen LogP) is 7.49. The van der Waals surface area contributed by atoms with Gasteiger partial charge in [0.05, 0.1) is 28.9 Å². The van der Waals surface area contributed by atoms with Crippen molar-refractivity contribution in [2.75, 3.05) is 18.0 Å². The Morgan fingerprint density at radius 3 is 2.13 bits per heavy atom. The highest BCUT2D eigenvalue weighted by atomic mass is 35.5. The van der Waals surface area contributed by atoms with E-state index in [-0.39, 0.29) is 41.8 Å². The maximum absolute atomic E-state index is 15.5. The molecule has 3 saturated heterocycles. The molecule has 3 heterocycles. The van der Waals surface area contributed by atoms with Crippen LogP contribution in [0.15, 0.2) is 109 Å². The third kappa shape index (κ3) is 5.51. The second-order valence-electron chi connectivity index (χ2n) is 16.1. The first kappa shape index (κ1) is 35.6. The van der Waals surface area contributed by atoms with E-state index in [9.17, 15) is 14.7 Å². The summed E-state index contributed by atoms with van der Waals surface area (Å²) >= 11 is 6.45. The monoisotopic (exact) mass is 753 g/mol. The third-order valence-corrected chi connectivity index (χ3v) is 13.5. The minimum Gasteiger partial charge on any atom is -0.507 e. The van der Waals surface area contributed by atoms with Gasteiger partial charge in [0.2, 0.25) is 23.6 Å². The number of halogens is 1. The number of amides is 4. The first-order chi connectivity index (χ1) is 26.6. The second-order valence-corrected chi connectivity index (χ2v) is 16.6. The largest absolute Gasteiger partial charge is 0.507 e. The van der Waals surface area contributed by atoms with Crippen LogP contribution in [0.4, 0.5) is 5.69 Å². The van der Waals surface area contributed by atoms with Gasteiger partial charge in [-0.1, -0.05) is 102 Å². The number of phenolic OH excluding ortho intramolecular Hbond substituents is 1. The van der Waals surface area contributed by atoms with Crippen LogP contribution in [0, 0.1) is 37.5 Å². The topological polar surface area (TPSA) is 98.2 Å². The summed E-state index contributed by atoms with van der Waals surface area (Å²) in [6.07, 6.45) is 4.16. The highest BCUT2D eigenvalue weighted by molar-refractivity contribution is 6.32. The molecule has 4 aromatic rings. The molecule has 2 aliphatic carbocycles. The van der Waals surface area contributed by atoms with E-state index < -0.39 is 35.0 Å². The molecule has 8 nitrogen and oxygen atoms in total. The van der Waals surface area contributed by atoms with Crippen molar-refractivity contribution < 1.29 is 24.3 Å². The van der Waals surface area contributed by atoms with Gasteiger partial charge in [0.15, 0.2) is 0 Å². The van der Waals surface area contributed by atoms with Crippen molar-refractivity contribution in [3.8, 4) is 5.75 Å². The SMILES string of the molecule is Cc1cc([C@H]2C3=CC[C@@H]4C(=O)N(C5CCN(Cc6ccccc6)CC5)C(=O)[C@@H]4[C@@H]3C[C@H]3C(=O)N(c4cccc(Cl)c4)C(=O)[C@@]23c2ccccc2)cc(C)c1O. The lowest BCUT2D eigenvalue weighted by atomic mass is 9.49. The standard InChI is InChI=1S/C46H44ClN3O5/c1-27-22-30(23-28(2)41(27)51)40-35-16-17-36-39(44(54)49(42(36)52)33-18-20-48(21-19-33)26-29-10-5-3-6-11-29)37(35)25-38-43(53)50(34-15-9-14-32(47)24-34)45(55)46(38,40)31-12-7-4-8-13-31/h3-16,22-24,33,36-40,51H,17-21,25-26H2,1-2H3/t36-,37+,38-,39-,40-,46+/m0/s1. The number of hydrogen-bond acceptors (Lipinski definition) is 6. The molecular formula is C46H44ClN3O5. The number of rotatable bonds is 6. The van der Waals surface area contributed by atoms with Crippen molar-refractivity contribution in [2.45, 2.75) is 63.5 Å². The predicted molar refractivity (Wildman–Crippen MR) is 210 cm³/mol. The number of allylic oxidation sites excluding steroid dienone is 2. The van der Waals surface area contributed by atoms with Crippen LogP contribution in [0.3, 0.4) is 0 Å². The minimum atomic E-state index is -1.36. The number of benzene rings is 4. The molecule has 9 rings (SSSR count). The Hall–Kier alpha value is -5.05. The number of nitrogens with zero attached hydrogens (tertiary/aromatic N) is 3. The zero-order valence-corrected chi connectivity index (χ0v) is 31.8. The molecule has 4 fully saturated rings. The van der Waals surface area contributed by atoms with Gasteiger partial charge in [-0.3, -0.25) is 29.0 Å². The van der Waals surface area contributed by atoms with E-state index in [2.05, 4.69) is 23.1 Å². The number of piperidine rings is 1. The van der Waals surface area contributed by atoms with Crippen molar-refractivity contribution in [1.82, 2.24) is 9.80 Å². The number of likely N-dealkylation sites (tertiary alicyclic amines) is 2. The highest BCUT2D eigenvalue weighted by Gasteiger charge is 2.70. The van der Waals surface area contributed by atoms with Crippen molar-refractivity contribution >= 4 is 40.9 Å². The number of phenols is 1. The summed E-state index contributed by atoms with van der Waals surface area (Å²) in [5, 5.41) is 11.3. The average Bonchev–Trinajstić information content (AvgIpc) is 3.58. The molecule has 5 aliphatic rings. The van der Waals surface area contributed by atoms with Crippen LogP contribution in [0.2, 0.25) is 5.02 Å². The number of fused-ring (bicyclic) bond motifs is 4. The maximum Gasteiger partial charge on any atom is 0.246 e. The quantitative estimate of drug-likeness (QED) is 0.162. The van der Waals surface area contributed by atoms with Gasteiger partial charge in [0, 0.05) is 36.6 Å². The van der Waals surface area contributed by atoms with Gasteiger partial charge in [-0.05, 0) is 91.5 Å². The minimum absolute atomic E-state index is 0.117. The van der Waals surface area contributed by atoms with Crippen LogP contribution < -0.4 is 4.90 Å². The number of hydrogen-bond donors (Lipinski definition) is 1. The van der Waals surface area contributed by atoms with Crippen molar-refractivity contribution in [3.05, 3.63) is 142 Å². The summed E-state index contributed by atoms with van der Waals surface area (Å²) in [6.45, 7) is 6.09. The second kappa shape index (κ2) is 13.6. The van der Waals surface area contributed by atoms with Gasteiger partial charge >= 0.3 is 0 Å². The van der Waals surface area contributed by atoms with Gasteiger partial charge in [-0.15, -0.1) is 0 Å². The van der Waals surface area contributed by atoms with Crippen LogP contribution in [-0.4, -0.2) is 57.7 Å². The molecule has 0 aromatic heterocycles. The molecule has 6 atom stereocenters. The summed E-state index contributed by atoms with van der Waals surface area (Å²) in [7, 11) is 0. The molecule has 0 bridgehead atoms. The Morgan fingerprint density at radius 2 is 1.45 bits per heavy atom. The van der Waals surface area contributed by atoms with Crippen LogP contribution in [0.1, 0.15) is 59.4 Å². The molecule has 0 spiro atoms. The normalized spacial score (nSPS) is 28.3. The molecule has 0 radical (unpaired) electrons. The summed E-state index contributed by atoms with van der Waals surface area (Å²) in [5.74, 6) is -3.84. The first-order valence-electron chi connectivity index (χ1n) is 19.4.